The Morgan fingerprint density at radius 2 is 1.83 bits per heavy atom. The third-order valence-corrected chi connectivity index (χ3v) is 5.00. The summed E-state index contributed by atoms with van der Waals surface area (Å²) < 4.78 is 5.49. The molecule has 0 aliphatic carbocycles. The molecule has 0 bridgehead atoms. The van der Waals surface area contributed by atoms with Crippen LogP contribution in [0.3, 0.4) is 0 Å². The van der Waals surface area contributed by atoms with Crippen molar-refractivity contribution in [3.05, 3.63) is 30.3 Å². The molecule has 124 valence electrons. The van der Waals surface area contributed by atoms with Crippen molar-refractivity contribution in [3.8, 4) is 5.75 Å². The first kappa shape index (κ1) is 16.1. The first-order valence-electron chi connectivity index (χ1n) is 7.79. The van der Waals surface area contributed by atoms with E-state index in [1.165, 1.54) is 0 Å². The average Bonchev–Trinajstić information content (AvgIpc) is 3.15. The summed E-state index contributed by atoms with van der Waals surface area (Å²) in [5.74, 6) is 2.49. The van der Waals surface area contributed by atoms with Gasteiger partial charge in [-0.05, 0) is 12.1 Å². The van der Waals surface area contributed by atoms with E-state index in [9.17, 15) is 9.59 Å². The van der Waals surface area contributed by atoms with Gasteiger partial charge in [0.1, 0.15) is 5.75 Å². The van der Waals surface area contributed by atoms with Crippen molar-refractivity contribution in [2.24, 2.45) is 0 Å². The lowest BCUT2D eigenvalue weighted by atomic mass is 10.2. The molecule has 2 aliphatic heterocycles. The van der Waals surface area contributed by atoms with Crippen molar-refractivity contribution < 1.29 is 14.3 Å². The highest BCUT2D eigenvalue weighted by molar-refractivity contribution is 7.99. The number of amides is 2. The number of piperazine rings is 1. The Balaban J connectivity index is 1.43. The highest BCUT2D eigenvalue weighted by atomic mass is 32.2. The van der Waals surface area contributed by atoms with Crippen LogP contribution in [0, 0.1) is 0 Å². The molecule has 6 nitrogen and oxygen atoms in total. The molecule has 1 unspecified atom stereocenters. The van der Waals surface area contributed by atoms with E-state index >= 15 is 0 Å². The van der Waals surface area contributed by atoms with Crippen LogP contribution in [0.4, 0.5) is 0 Å². The normalized spacial score (nSPS) is 21.3. The van der Waals surface area contributed by atoms with Crippen molar-refractivity contribution in [2.45, 2.75) is 6.04 Å². The Bertz CT molecular complexity index is 541. The molecule has 7 heteroatoms. The van der Waals surface area contributed by atoms with Gasteiger partial charge in [-0.15, -0.1) is 11.8 Å². The van der Waals surface area contributed by atoms with Crippen LogP contribution in [0.2, 0.25) is 0 Å². The van der Waals surface area contributed by atoms with Crippen LogP contribution in [-0.2, 0) is 9.59 Å². The molecule has 0 aromatic heterocycles. The lowest BCUT2D eigenvalue weighted by Crippen LogP contribution is -2.55. The van der Waals surface area contributed by atoms with Gasteiger partial charge in [0, 0.05) is 37.8 Å². The van der Waals surface area contributed by atoms with Gasteiger partial charge in [0.25, 0.3) is 5.91 Å². The van der Waals surface area contributed by atoms with Gasteiger partial charge in [0.15, 0.2) is 6.61 Å². The van der Waals surface area contributed by atoms with Crippen LogP contribution >= 0.6 is 11.8 Å². The van der Waals surface area contributed by atoms with Gasteiger partial charge in [-0.1, -0.05) is 18.2 Å². The second-order valence-electron chi connectivity index (χ2n) is 5.58. The third-order valence-electron chi connectivity index (χ3n) is 4.06. The van der Waals surface area contributed by atoms with E-state index in [0.717, 1.165) is 11.6 Å². The van der Waals surface area contributed by atoms with Crippen molar-refractivity contribution in [2.75, 3.05) is 44.4 Å². The zero-order valence-electron chi connectivity index (χ0n) is 12.9. The van der Waals surface area contributed by atoms with Crippen LogP contribution in [-0.4, -0.2) is 72.1 Å². The Morgan fingerprint density at radius 1 is 1.13 bits per heavy atom. The van der Waals surface area contributed by atoms with E-state index in [-0.39, 0.29) is 24.5 Å². The SMILES string of the molecule is O=C(COc1ccccc1)N1CCN(C(=O)C2CSCN2)CC1. The van der Waals surface area contributed by atoms with E-state index < -0.39 is 0 Å². The average molecular weight is 335 g/mol. The van der Waals surface area contributed by atoms with Crippen LogP contribution in [0.15, 0.2) is 30.3 Å². The number of carbonyl (C=O) groups is 2. The number of carbonyl (C=O) groups excluding carboxylic acids is 2. The number of ether oxygens (including phenoxy) is 1. The Morgan fingerprint density at radius 3 is 2.48 bits per heavy atom. The molecule has 2 aliphatic rings. The Hall–Kier alpha value is -1.73. The fourth-order valence-corrected chi connectivity index (χ4v) is 3.64. The summed E-state index contributed by atoms with van der Waals surface area (Å²) in [6.07, 6.45) is 0. The first-order valence-corrected chi connectivity index (χ1v) is 8.95. The lowest BCUT2D eigenvalue weighted by Gasteiger charge is -2.35. The summed E-state index contributed by atoms with van der Waals surface area (Å²) in [6.45, 7) is 2.38. The van der Waals surface area contributed by atoms with E-state index in [0.29, 0.717) is 31.9 Å². The second-order valence-corrected chi connectivity index (χ2v) is 6.61. The summed E-state index contributed by atoms with van der Waals surface area (Å²) in [4.78, 5) is 28.1. The van der Waals surface area contributed by atoms with Crippen molar-refractivity contribution in [3.63, 3.8) is 0 Å². The molecule has 1 aromatic rings. The van der Waals surface area contributed by atoms with E-state index in [4.69, 9.17) is 4.74 Å². The minimum absolute atomic E-state index is 0.0319. The summed E-state index contributed by atoms with van der Waals surface area (Å²) in [6, 6.07) is 9.25. The topological polar surface area (TPSA) is 61.9 Å². The second kappa shape index (κ2) is 7.70. The van der Waals surface area contributed by atoms with Crippen molar-refractivity contribution >= 4 is 23.6 Å². The number of nitrogens with zero attached hydrogens (tertiary/aromatic N) is 2. The monoisotopic (exact) mass is 335 g/mol. The molecule has 3 rings (SSSR count). The molecule has 2 amide bonds. The maximum atomic E-state index is 12.3. The van der Waals surface area contributed by atoms with Crippen LogP contribution in [0.25, 0.3) is 0 Å². The molecule has 2 saturated heterocycles. The Kier molecular flexibility index (Phi) is 5.40. The molecule has 0 radical (unpaired) electrons. The molecular formula is C16H21N3O3S. The fourth-order valence-electron chi connectivity index (χ4n) is 2.70. The molecule has 0 spiro atoms. The number of hydrogen-bond acceptors (Lipinski definition) is 5. The highest BCUT2D eigenvalue weighted by Crippen LogP contribution is 2.14. The summed E-state index contributed by atoms with van der Waals surface area (Å²) in [5.41, 5.74) is 0. The number of nitrogens with one attached hydrogen (secondary N) is 1. The standard InChI is InChI=1S/C16H21N3O3S/c20-15(10-22-13-4-2-1-3-5-13)18-6-8-19(9-7-18)16(21)14-11-23-12-17-14/h1-5,14,17H,6-12H2. The number of hydrogen-bond donors (Lipinski definition) is 1. The number of rotatable bonds is 4. The summed E-state index contributed by atoms with van der Waals surface area (Å²) in [5, 5.41) is 3.20. The van der Waals surface area contributed by atoms with E-state index in [1.807, 2.05) is 35.2 Å². The molecule has 0 saturated carbocycles. The molecule has 23 heavy (non-hydrogen) atoms. The third kappa shape index (κ3) is 4.17. The van der Waals surface area contributed by atoms with Crippen LogP contribution in [0.1, 0.15) is 0 Å². The van der Waals surface area contributed by atoms with Gasteiger partial charge < -0.3 is 14.5 Å². The predicted molar refractivity (Wildman–Crippen MR) is 89.3 cm³/mol. The molecule has 1 N–H and O–H groups in total. The summed E-state index contributed by atoms with van der Waals surface area (Å²) >= 11 is 1.74. The summed E-state index contributed by atoms with van der Waals surface area (Å²) in [7, 11) is 0. The number of benzene rings is 1. The van der Waals surface area contributed by atoms with Crippen LogP contribution < -0.4 is 10.1 Å². The van der Waals surface area contributed by atoms with Crippen molar-refractivity contribution in [1.82, 2.24) is 15.1 Å². The zero-order chi connectivity index (χ0) is 16.1. The highest BCUT2D eigenvalue weighted by Gasteiger charge is 2.30. The molecular weight excluding hydrogens is 314 g/mol. The van der Waals surface area contributed by atoms with Crippen LogP contribution in [0.5, 0.6) is 5.75 Å². The zero-order valence-corrected chi connectivity index (χ0v) is 13.8. The maximum Gasteiger partial charge on any atom is 0.260 e. The number of thioether (sulfide) groups is 1. The quantitative estimate of drug-likeness (QED) is 0.863. The first-order chi connectivity index (χ1) is 11.2. The minimum Gasteiger partial charge on any atom is -0.484 e. The van der Waals surface area contributed by atoms with Gasteiger partial charge in [-0.3, -0.25) is 14.9 Å². The maximum absolute atomic E-state index is 12.3. The predicted octanol–water partition coefficient (Wildman–Crippen LogP) is 0.399. The van der Waals surface area contributed by atoms with Gasteiger partial charge in [-0.2, -0.15) is 0 Å². The lowest BCUT2D eigenvalue weighted by molar-refractivity contribution is -0.141. The van der Waals surface area contributed by atoms with Crippen molar-refractivity contribution in [1.29, 1.82) is 0 Å². The Labute approximate surface area is 140 Å². The smallest absolute Gasteiger partial charge is 0.260 e. The molecule has 2 fully saturated rings. The largest absolute Gasteiger partial charge is 0.484 e. The van der Waals surface area contributed by atoms with Gasteiger partial charge in [-0.25, -0.2) is 0 Å². The minimum atomic E-state index is -0.0661. The van der Waals surface area contributed by atoms with Gasteiger partial charge in [0.2, 0.25) is 5.91 Å². The van der Waals surface area contributed by atoms with Gasteiger partial charge >= 0.3 is 0 Å². The van der Waals surface area contributed by atoms with Gasteiger partial charge in [0.05, 0.1) is 6.04 Å². The molecule has 1 atom stereocenters. The van der Waals surface area contributed by atoms with E-state index in [1.54, 1.807) is 16.7 Å². The molecule has 1 aromatic carbocycles. The molecule has 2 heterocycles. The fraction of sp³-hybridized carbons (Fsp3) is 0.500. The van der Waals surface area contributed by atoms with E-state index in [2.05, 4.69) is 5.32 Å². The number of para-hydroxylation sites is 1.